The Morgan fingerprint density at radius 2 is 1.93 bits per heavy atom. The molecule has 0 saturated carbocycles. The molecular weight excluding hydrogens is 398 g/mol. The second kappa shape index (κ2) is 7.72. The molecular formula is C15H23N3O7S2. The number of aliphatic hydroxyl groups is 1. The minimum Gasteiger partial charge on any atom is -0.495 e. The van der Waals surface area contributed by atoms with Gasteiger partial charge in [-0.25, -0.2) is 21.8 Å². The third-order valence-electron chi connectivity index (χ3n) is 3.98. The molecule has 0 radical (unpaired) electrons. The monoisotopic (exact) mass is 421 g/mol. The highest BCUT2D eigenvalue weighted by atomic mass is 32.2. The maximum Gasteiger partial charge on any atom is 0.260 e. The molecule has 1 aromatic carbocycles. The Balaban J connectivity index is 2.58. The molecule has 1 aliphatic heterocycles. The van der Waals surface area contributed by atoms with E-state index in [4.69, 9.17) is 4.74 Å². The number of anilines is 1. The molecule has 1 aromatic rings. The van der Waals surface area contributed by atoms with Crippen LogP contribution in [0.5, 0.6) is 5.75 Å². The number of sulfone groups is 1. The Hall–Kier alpha value is -1.73. The third-order valence-corrected chi connectivity index (χ3v) is 7.64. The van der Waals surface area contributed by atoms with Crippen LogP contribution in [-0.2, 0) is 24.7 Å². The standard InChI is InChI=1S/C15H23N3O7S2/c1-10(19)16-11-5-6-14(25-4)15(7-11)27(23,24)18(17(2)3)12-8-26(21,22)9-13(12)20/h5-7,12-13,20H,8-9H2,1-4H3,(H,16,19)/t12-,13+/m0/s1. The van der Waals surface area contributed by atoms with Crippen LogP contribution in [-0.4, -0.2) is 82.1 Å². The first-order valence-electron chi connectivity index (χ1n) is 7.95. The zero-order valence-corrected chi connectivity index (χ0v) is 17.0. The molecule has 1 aliphatic rings. The van der Waals surface area contributed by atoms with Gasteiger partial charge in [-0.1, -0.05) is 0 Å². The molecule has 1 fully saturated rings. The lowest BCUT2D eigenvalue weighted by molar-refractivity contribution is -0.114. The number of nitrogens with one attached hydrogen (secondary N) is 1. The predicted octanol–water partition coefficient (Wildman–Crippen LogP) is -0.721. The van der Waals surface area contributed by atoms with Crippen molar-refractivity contribution in [1.29, 1.82) is 0 Å². The lowest BCUT2D eigenvalue weighted by atomic mass is 10.2. The van der Waals surface area contributed by atoms with Gasteiger partial charge in [0.15, 0.2) is 9.84 Å². The highest BCUT2D eigenvalue weighted by Gasteiger charge is 2.46. The molecule has 2 rings (SSSR count). The number of ether oxygens (including phenoxy) is 1. The van der Waals surface area contributed by atoms with E-state index >= 15 is 0 Å². The van der Waals surface area contributed by atoms with E-state index in [1.807, 2.05) is 0 Å². The van der Waals surface area contributed by atoms with Crippen LogP contribution < -0.4 is 10.1 Å². The topological polar surface area (TPSA) is 133 Å². The molecule has 1 heterocycles. The van der Waals surface area contributed by atoms with Gasteiger partial charge >= 0.3 is 0 Å². The van der Waals surface area contributed by atoms with Crippen molar-refractivity contribution < 1.29 is 31.5 Å². The number of amides is 1. The number of carbonyl (C=O) groups is 1. The number of methoxy groups -OCH3 is 1. The van der Waals surface area contributed by atoms with Gasteiger partial charge in [0.1, 0.15) is 10.6 Å². The summed E-state index contributed by atoms with van der Waals surface area (Å²) in [6.07, 6.45) is -1.36. The molecule has 0 spiro atoms. The summed E-state index contributed by atoms with van der Waals surface area (Å²) in [5, 5.41) is 13.8. The van der Waals surface area contributed by atoms with Crippen LogP contribution in [0.25, 0.3) is 0 Å². The number of hydrogen-bond donors (Lipinski definition) is 2. The molecule has 0 unspecified atom stereocenters. The van der Waals surface area contributed by atoms with Gasteiger partial charge in [0.05, 0.1) is 30.8 Å². The number of nitrogens with zero attached hydrogens (tertiary/aromatic N) is 2. The predicted molar refractivity (Wildman–Crippen MR) is 98.5 cm³/mol. The number of benzene rings is 1. The molecule has 2 N–H and O–H groups in total. The average molecular weight is 421 g/mol. The number of hydrazine groups is 1. The minimum absolute atomic E-state index is 0.0197. The van der Waals surface area contributed by atoms with Crippen LogP contribution in [0.3, 0.4) is 0 Å². The highest BCUT2D eigenvalue weighted by molar-refractivity contribution is 7.92. The summed E-state index contributed by atoms with van der Waals surface area (Å²) >= 11 is 0. The van der Waals surface area contributed by atoms with E-state index in [1.165, 1.54) is 51.3 Å². The van der Waals surface area contributed by atoms with E-state index in [2.05, 4.69) is 5.32 Å². The third kappa shape index (κ3) is 4.58. The van der Waals surface area contributed by atoms with Crippen molar-refractivity contribution in [3.63, 3.8) is 0 Å². The maximum absolute atomic E-state index is 13.3. The Morgan fingerprint density at radius 1 is 1.30 bits per heavy atom. The summed E-state index contributed by atoms with van der Waals surface area (Å²) in [7, 11) is -3.73. The second-order valence-electron chi connectivity index (χ2n) is 6.38. The minimum atomic E-state index is -4.31. The molecule has 1 amide bonds. The Morgan fingerprint density at radius 3 is 2.37 bits per heavy atom. The second-order valence-corrected chi connectivity index (χ2v) is 10.3. The molecule has 10 nitrogen and oxygen atoms in total. The van der Waals surface area contributed by atoms with Crippen molar-refractivity contribution in [3.8, 4) is 5.75 Å². The van der Waals surface area contributed by atoms with Crippen LogP contribution in [0.4, 0.5) is 5.69 Å². The summed E-state index contributed by atoms with van der Waals surface area (Å²) in [6, 6.07) is 2.91. The molecule has 0 bridgehead atoms. The fraction of sp³-hybridized carbons (Fsp3) is 0.533. The van der Waals surface area contributed by atoms with E-state index in [-0.39, 0.29) is 22.2 Å². The molecule has 1 saturated heterocycles. The Bertz CT molecular complexity index is 929. The lowest BCUT2D eigenvalue weighted by Crippen LogP contribution is -2.53. The van der Waals surface area contributed by atoms with Gasteiger partial charge < -0.3 is 15.2 Å². The first-order chi connectivity index (χ1) is 12.4. The van der Waals surface area contributed by atoms with Gasteiger partial charge in [-0.3, -0.25) is 4.79 Å². The van der Waals surface area contributed by atoms with Gasteiger partial charge in [0.2, 0.25) is 5.91 Å². The van der Waals surface area contributed by atoms with Crippen molar-refractivity contribution >= 4 is 31.5 Å². The molecule has 12 heteroatoms. The van der Waals surface area contributed by atoms with Crippen LogP contribution in [0.1, 0.15) is 6.92 Å². The Kier molecular flexibility index (Phi) is 6.16. The smallest absolute Gasteiger partial charge is 0.260 e. The van der Waals surface area contributed by atoms with E-state index in [1.54, 1.807) is 0 Å². The van der Waals surface area contributed by atoms with Crippen LogP contribution in [0, 0.1) is 0 Å². The lowest BCUT2D eigenvalue weighted by Gasteiger charge is -2.34. The van der Waals surface area contributed by atoms with Crippen LogP contribution >= 0.6 is 0 Å². The van der Waals surface area contributed by atoms with Crippen molar-refractivity contribution in [3.05, 3.63) is 18.2 Å². The first-order valence-corrected chi connectivity index (χ1v) is 11.2. The number of rotatable bonds is 6. The number of carbonyl (C=O) groups excluding carboxylic acids is 1. The quantitative estimate of drug-likeness (QED) is 0.575. The fourth-order valence-electron chi connectivity index (χ4n) is 2.97. The number of aliphatic hydroxyl groups excluding tert-OH is 1. The van der Waals surface area contributed by atoms with Crippen LogP contribution in [0.2, 0.25) is 0 Å². The van der Waals surface area contributed by atoms with Crippen molar-refractivity contribution in [1.82, 2.24) is 9.42 Å². The average Bonchev–Trinajstić information content (AvgIpc) is 2.78. The summed E-state index contributed by atoms with van der Waals surface area (Å²) in [5.74, 6) is -1.38. The maximum atomic E-state index is 13.3. The summed E-state index contributed by atoms with van der Waals surface area (Å²) < 4.78 is 56.3. The van der Waals surface area contributed by atoms with Crippen molar-refractivity contribution in [2.45, 2.75) is 24.0 Å². The van der Waals surface area contributed by atoms with Gasteiger partial charge in [-0.15, -0.1) is 4.41 Å². The molecule has 27 heavy (non-hydrogen) atoms. The fourth-order valence-corrected chi connectivity index (χ4v) is 6.71. The van der Waals surface area contributed by atoms with Gasteiger partial charge in [0, 0.05) is 26.7 Å². The Labute approximate surface area is 158 Å². The number of sulfonamides is 1. The van der Waals surface area contributed by atoms with E-state index < -0.39 is 43.5 Å². The number of hydrogen-bond acceptors (Lipinski definition) is 8. The first kappa shape index (κ1) is 21.6. The normalized spacial score (nSPS) is 22.2. The zero-order chi connectivity index (χ0) is 20.6. The highest BCUT2D eigenvalue weighted by Crippen LogP contribution is 2.33. The largest absolute Gasteiger partial charge is 0.495 e. The van der Waals surface area contributed by atoms with Crippen molar-refractivity contribution in [2.75, 3.05) is 38.0 Å². The van der Waals surface area contributed by atoms with Gasteiger partial charge in [0.25, 0.3) is 10.0 Å². The molecule has 152 valence electrons. The van der Waals surface area contributed by atoms with Gasteiger partial charge in [-0.2, -0.15) is 0 Å². The van der Waals surface area contributed by atoms with E-state index in [9.17, 15) is 26.7 Å². The van der Waals surface area contributed by atoms with Crippen molar-refractivity contribution in [2.24, 2.45) is 0 Å². The van der Waals surface area contributed by atoms with E-state index in [0.717, 1.165) is 4.41 Å². The molecule has 2 atom stereocenters. The van der Waals surface area contributed by atoms with E-state index in [0.29, 0.717) is 0 Å². The molecule has 0 aromatic heterocycles. The summed E-state index contributed by atoms with van der Waals surface area (Å²) in [5.41, 5.74) is 0.236. The summed E-state index contributed by atoms with van der Waals surface area (Å²) in [4.78, 5) is 11.0. The SMILES string of the molecule is COc1ccc(NC(C)=O)cc1S(=O)(=O)N([C@H]1CS(=O)(=O)C[C@H]1O)N(C)C. The molecule has 0 aliphatic carbocycles. The summed E-state index contributed by atoms with van der Waals surface area (Å²) in [6.45, 7) is 1.28. The zero-order valence-electron chi connectivity index (χ0n) is 15.4. The van der Waals surface area contributed by atoms with Crippen LogP contribution in [0.15, 0.2) is 23.1 Å². The van der Waals surface area contributed by atoms with Gasteiger partial charge in [-0.05, 0) is 18.2 Å².